The van der Waals surface area contributed by atoms with Gasteiger partial charge in [0.05, 0.1) is 32.7 Å². The smallest absolute Gasteiger partial charge is 0.259 e. The first-order valence-electron chi connectivity index (χ1n) is 11.5. The molecule has 0 aliphatic carbocycles. The quantitative estimate of drug-likeness (QED) is 0.271. The molecule has 0 saturated heterocycles. The summed E-state index contributed by atoms with van der Waals surface area (Å²) in [4.78, 5) is 24.8. The van der Waals surface area contributed by atoms with Crippen molar-refractivity contribution in [3.05, 3.63) is 95.7 Å². The van der Waals surface area contributed by atoms with Crippen LogP contribution in [-0.2, 0) is 4.79 Å². The maximum Gasteiger partial charge on any atom is 0.259 e. The number of hydrogen-bond acceptors (Lipinski definition) is 6. The summed E-state index contributed by atoms with van der Waals surface area (Å²) in [6, 6.07) is 22.5. The average Bonchev–Trinajstić information content (AvgIpc) is 3.36. The number of nitrogens with zero attached hydrogens (tertiary/aromatic N) is 3. The monoisotopic (exact) mass is 497 g/mol. The van der Waals surface area contributed by atoms with Crippen LogP contribution in [0.1, 0.15) is 21.5 Å². The summed E-state index contributed by atoms with van der Waals surface area (Å²) in [5.41, 5.74) is 7.19. The number of methoxy groups -OCH3 is 2. The third kappa shape index (κ3) is 6.21. The molecule has 1 aromatic heterocycles. The van der Waals surface area contributed by atoms with Crippen molar-refractivity contribution in [2.24, 2.45) is 5.10 Å². The Morgan fingerprint density at radius 2 is 1.76 bits per heavy atom. The highest BCUT2D eigenvalue weighted by molar-refractivity contribution is 5.97. The van der Waals surface area contributed by atoms with Gasteiger partial charge in [-0.15, -0.1) is 0 Å². The number of nitrogens with one attached hydrogen (secondary N) is 2. The molecule has 2 amide bonds. The fraction of sp³-hybridized carbons (Fsp3) is 0.143. The second-order valence-corrected chi connectivity index (χ2v) is 8.13. The SMILES string of the molecule is COc1ccc(C(=O)NCC(=O)N/N=C/c2cn(-c3ccccc3)nc2-c2cccc(C)c2)cc1OC. The number of carbonyl (C=O) groups is 2. The topological polar surface area (TPSA) is 107 Å². The Morgan fingerprint density at radius 1 is 0.973 bits per heavy atom. The molecule has 3 aromatic carbocycles. The lowest BCUT2D eigenvalue weighted by molar-refractivity contribution is -0.120. The molecule has 1 heterocycles. The Bertz CT molecular complexity index is 1430. The van der Waals surface area contributed by atoms with Crippen molar-refractivity contribution in [1.29, 1.82) is 0 Å². The van der Waals surface area contributed by atoms with Gasteiger partial charge in [-0.1, -0.05) is 42.0 Å². The molecule has 0 atom stereocenters. The number of hydrogen-bond donors (Lipinski definition) is 2. The van der Waals surface area contributed by atoms with E-state index in [4.69, 9.17) is 14.6 Å². The zero-order valence-corrected chi connectivity index (χ0v) is 20.8. The molecule has 4 aromatic rings. The van der Waals surface area contributed by atoms with E-state index in [1.54, 1.807) is 22.9 Å². The van der Waals surface area contributed by atoms with Gasteiger partial charge in [-0.25, -0.2) is 10.1 Å². The van der Waals surface area contributed by atoms with E-state index in [0.717, 1.165) is 28.1 Å². The Morgan fingerprint density at radius 3 is 2.49 bits per heavy atom. The molecule has 37 heavy (non-hydrogen) atoms. The number of carbonyl (C=O) groups excluding carboxylic acids is 2. The minimum Gasteiger partial charge on any atom is -0.493 e. The van der Waals surface area contributed by atoms with Crippen molar-refractivity contribution in [2.75, 3.05) is 20.8 Å². The highest BCUT2D eigenvalue weighted by Gasteiger charge is 2.13. The lowest BCUT2D eigenvalue weighted by Gasteiger charge is -2.09. The standard InChI is InChI=1S/C28H27N5O4/c1-19-8-7-9-20(14-19)27-22(18-33(32-27)23-10-5-4-6-11-23)16-30-31-26(34)17-29-28(35)21-12-13-24(36-2)25(15-21)37-3/h4-16,18H,17H2,1-3H3,(H,29,35)(H,31,34)/b30-16+. The maximum absolute atomic E-state index is 12.4. The highest BCUT2D eigenvalue weighted by atomic mass is 16.5. The van der Waals surface area contributed by atoms with Gasteiger partial charge in [-0.2, -0.15) is 10.2 Å². The van der Waals surface area contributed by atoms with E-state index in [9.17, 15) is 9.59 Å². The predicted octanol–water partition coefficient (Wildman–Crippen LogP) is 3.75. The summed E-state index contributed by atoms with van der Waals surface area (Å²) in [5.74, 6) is 0.0278. The predicted molar refractivity (Wildman–Crippen MR) is 141 cm³/mol. The summed E-state index contributed by atoms with van der Waals surface area (Å²) < 4.78 is 12.2. The van der Waals surface area contributed by atoms with Crippen LogP contribution in [0.25, 0.3) is 16.9 Å². The van der Waals surface area contributed by atoms with E-state index in [1.165, 1.54) is 20.4 Å². The second-order valence-electron chi connectivity index (χ2n) is 8.13. The van der Waals surface area contributed by atoms with Crippen LogP contribution < -0.4 is 20.2 Å². The molecule has 9 nitrogen and oxygen atoms in total. The largest absolute Gasteiger partial charge is 0.493 e. The summed E-state index contributed by atoms with van der Waals surface area (Å²) >= 11 is 0. The summed E-state index contributed by atoms with van der Waals surface area (Å²) in [6.07, 6.45) is 3.39. The molecular weight excluding hydrogens is 470 g/mol. The Balaban J connectivity index is 1.44. The molecular formula is C28H27N5O4. The number of aryl methyl sites for hydroxylation is 1. The molecule has 0 radical (unpaired) electrons. The Labute approximate surface area is 214 Å². The van der Waals surface area contributed by atoms with E-state index in [2.05, 4.69) is 15.8 Å². The summed E-state index contributed by atoms with van der Waals surface area (Å²) in [7, 11) is 3.00. The molecule has 0 saturated carbocycles. The molecule has 2 N–H and O–H groups in total. The normalized spacial score (nSPS) is 10.8. The number of ether oxygens (including phenoxy) is 2. The first kappa shape index (κ1) is 25.2. The molecule has 0 bridgehead atoms. The Kier molecular flexibility index (Phi) is 7.95. The van der Waals surface area contributed by atoms with E-state index in [-0.39, 0.29) is 6.54 Å². The first-order valence-corrected chi connectivity index (χ1v) is 11.5. The van der Waals surface area contributed by atoms with Crippen LogP contribution in [0.5, 0.6) is 11.5 Å². The van der Waals surface area contributed by atoms with Crippen LogP contribution in [-0.4, -0.2) is 48.6 Å². The van der Waals surface area contributed by atoms with Gasteiger partial charge in [-0.3, -0.25) is 9.59 Å². The van der Waals surface area contributed by atoms with Gasteiger partial charge < -0.3 is 14.8 Å². The second kappa shape index (κ2) is 11.7. The summed E-state index contributed by atoms with van der Waals surface area (Å²) in [5, 5.41) is 11.4. The molecule has 188 valence electrons. The van der Waals surface area contributed by atoms with Gasteiger partial charge in [0, 0.05) is 22.9 Å². The van der Waals surface area contributed by atoms with Gasteiger partial charge >= 0.3 is 0 Å². The first-order chi connectivity index (χ1) is 18.0. The lowest BCUT2D eigenvalue weighted by Crippen LogP contribution is -2.34. The molecule has 4 rings (SSSR count). The van der Waals surface area contributed by atoms with Crippen molar-refractivity contribution in [3.8, 4) is 28.4 Å². The van der Waals surface area contributed by atoms with E-state index < -0.39 is 11.8 Å². The van der Waals surface area contributed by atoms with E-state index in [0.29, 0.717) is 17.1 Å². The third-order valence-corrected chi connectivity index (χ3v) is 5.50. The molecule has 0 aliphatic heterocycles. The van der Waals surface area contributed by atoms with Gasteiger partial charge in [0.1, 0.15) is 5.69 Å². The zero-order chi connectivity index (χ0) is 26.2. The van der Waals surface area contributed by atoms with Crippen LogP contribution in [0, 0.1) is 6.92 Å². The highest BCUT2D eigenvalue weighted by Crippen LogP contribution is 2.27. The van der Waals surface area contributed by atoms with Crippen LogP contribution in [0.15, 0.2) is 84.1 Å². The zero-order valence-electron chi connectivity index (χ0n) is 20.8. The van der Waals surface area contributed by atoms with Crippen molar-refractivity contribution < 1.29 is 19.1 Å². The van der Waals surface area contributed by atoms with Crippen LogP contribution in [0.4, 0.5) is 0 Å². The van der Waals surface area contributed by atoms with Gasteiger partial charge in [0.15, 0.2) is 11.5 Å². The minimum absolute atomic E-state index is 0.251. The van der Waals surface area contributed by atoms with Crippen molar-refractivity contribution in [1.82, 2.24) is 20.5 Å². The number of amides is 2. The van der Waals surface area contributed by atoms with E-state index in [1.807, 2.05) is 67.7 Å². The maximum atomic E-state index is 12.4. The Hall–Kier alpha value is -4.92. The number of hydrazone groups is 1. The summed E-state index contributed by atoms with van der Waals surface area (Å²) in [6.45, 7) is 1.76. The van der Waals surface area contributed by atoms with Gasteiger partial charge in [-0.05, 0) is 43.3 Å². The fourth-order valence-electron chi connectivity index (χ4n) is 3.66. The van der Waals surface area contributed by atoms with Crippen molar-refractivity contribution in [2.45, 2.75) is 6.92 Å². The number of para-hydroxylation sites is 1. The van der Waals surface area contributed by atoms with Crippen molar-refractivity contribution in [3.63, 3.8) is 0 Å². The fourth-order valence-corrected chi connectivity index (χ4v) is 3.66. The molecule has 0 spiro atoms. The van der Waals surface area contributed by atoms with E-state index >= 15 is 0 Å². The van der Waals surface area contributed by atoms with Crippen LogP contribution in [0.2, 0.25) is 0 Å². The average molecular weight is 498 g/mol. The van der Waals surface area contributed by atoms with Crippen LogP contribution >= 0.6 is 0 Å². The lowest BCUT2D eigenvalue weighted by atomic mass is 10.1. The number of benzene rings is 3. The molecule has 0 unspecified atom stereocenters. The van der Waals surface area contributed by atoms with Gasteiger partial charge in [0.2, 0.25) is 0 Å². The minimum atomic E-state index is -0.474. The number of aromatic nitrogens is 2. The van der Waals surface area contributed by atoms with Gasteiger partial charge in [0.25, 0.3) is 11.8 Å². The van der Waals surface area contributed by atoms with Crippen molar-refractivity contribution >= 4 is 18.0 Å². The molecule has 9 heteroatoms. The molecule has 0 aliphatic rings. The number of rotatable bonds is 9. The molecule has 0 fully saturated rings. The third-order valence-electron chi connectivity index (χ3n) is 5.50. The van der Waals surface area contributed by atoms with Crippen LogP contribution in [0.3, 0.4) is 0 Å².